The van der Waals surface area contributed by atoms with E-state index in [0.29, 0.717) is 0 Å². The lowest BCUT2D eigenvalue weighted by Gasteiger charge is -1.99. The maximum absolute atomic E-state index is 4.28. The van der Waals surface area contributed by atoms with Gasteiger partial charge in [0, 0.05) is 6.42 Å². The molecule has 0 bridgehead atoms. The molecule has 2 nitrogen and oxygen atoms in total. The smallest absolute Gasteiger partial charge is 0.209 e. The molecule has 1 rings (SSSR count). The minimum Gasteiger partial charge on any atom is -0.214 e. The summed E-state index contributed by atoms with van der Waals surface area (Å²) in [5.41, 5.74) is 0. The molecule has 0 atom stereocenters. The summed E-state index contributed by atoms with van der Waals surface area (Å²) in [6.45, 7) is 2.26. The Morgan fingerprint density at radius 2 is 1.73 bits per heavy atom. The second kappa shape index (κ2) is 8.22. The van der Waals surface area contributed by atoms with Crippen molar-refractivity contribution in [3.63, 3.8) is 0 Å². The Kier molecular flexibility index (Phi) is 7.18. The van der Waals surface area contributed by atoms with Crippen LogP contribution < -0.4 is 0 Å². The van der Waals surface area contributed by atoms with Gasteiger partial charge in [0.15, 0.2) is 0 Å². The van der Waals surface area contributed by atoms with Gasteiger partial charge in [0.25, 0.3) is 0 Å². The number of unbranched alkanes of at least 4 members (excludes halogenated alkanes) is 6. The van der Waals surface area contributed by atoms with Gasteiger partial charge in [-0.1, -0.05) is 45.4 Å². The zero-order chi connectivity index (χ0) is 10.9. The van der Waals surface area contributed by atoms with E-state index in [0.717, 1.165) is 16.2 Å². The zero-order valence-electron chi connectivity index (χ0n) is 9.34. The highest BCUT2D eigenvalue weighted by Crippen LogP contribution is 2.14. The van der Waals surface area contributed by atoms with Crippen molar-refractivity contribution < 1.29 is 0 Å². The molecule has 0 spiro atoms. The molecule has 1 heterocycles. The molecule has 4 heteroatoms. The van der Waals surface area contributed by atoms with Crippen molar-refractivity contribution >= 4 is 27.5 Å². The number of aromatic nitrogens is 2. The molecule has 0 saturated carbocycles. The Bertz CT molecular complexity index is 263. The van der Waals surface area contributed by atoms with Crippen LogP contribution in [0.2, 0.25) is 0 Å². The number of hydrogen-bond donors (Lipinski definition) is 0. The third-order valence-electron chi connectivity index (χ3n) is 2.44. The molecule has 0 radical (unpaired) electrons. The molecule has 1 aromatic heterocycles. The van der Waals surface area contributed by atoms with E-state index in [1.807, 2.05) is 0 Å². The average molecular weight is 291 g/mol. The van der Waals surface area contributed by atoms with Gasteiger partial charge in [0.1, 0.15) is 5.01 Å². The Hall–Kier alpha value is 0.0400. The fourth-order valence-corrected chi connectivity index (χ4v) is 2.70. The Labute approximate surface area is 105 Å². The maximum Gasteiger partial charge on any atom is 0.209 e. The summed E-state index contributed by atoms with van der Waals surface area (Å²) in [5, 5.41) is 1.16. The van der Waals surface area contributed by atoms with Crippen molar-refractivity contribution in [1.29, 1.82) is 0 Å². The molecular formula is C11H19BrN2S. The van der Waals surface area contributed by atoms with Crippen molar-refractivity contribution in [1.82, 2.24) is 9.36 Å². The van der Waals surface area contributed by atoms with Crippen LogP contribution in [0.25, 0.3) is 0 Å². The van der Waals surface area contributed by atoms with Gasteiger partial charge in [0.05, 0.1) is 0 Å². The van der Waals surface area contributed by atoms with Crippen molar-refractivity contribution in [2.75, 3.05) is 0 Å². The quantitative estimate of drug-likeness (QED) is 0.654. The Balaban J connectivity index is 1.93. The van der Waals surface area contributed by atoms with E-state index in [9.17, 15) is 0 Å². The average Bonchev–Trinajstić information content (AvgIpc) is 2.63. The van der Waals surface area contributed by atoms with E-state index in [2.05, 4.69) is 32.2 Å². The van der Waals surface area contributed by atoms with Gasteiger partial charge in [-0.2, -0.15) is 4.37 Å². The summed E-state index contributed by atoms with van der Waals surface area (Å²) in [4.78, 5) is 4.28. The van der Waals surface area contributed by atoms with Crippen molar-refractivity contribution in [2.24, 2.45) is 0 Å². The molecule has 86 valence electrons. The topological polar surface area (TPSA) is 25.8 Å². The lowest BCUT2D eigenvalue weighted by molar-refractivity contribution is 0.589. The Morgan fingerprint density at radius 3 is 2.33 bits per heavy atom. The summed E-state index contributed by atoms with van der Waals surface area (Å²) < 4.78 is 4.84. The summed E-state index contributed by atoms with van der Waals surface area (Å²) in [7, 11) is 0. The van der Waals surface area contributed by atoms with Crippen molar-refractivity contribution in [3.8, 4) is 0 Å². The van der Waals surface area contributed by atoms with Gasteiger partial charge >= 0.3 is 0 Å². The van der Waals surface area contributed by atoms with Crippen LogP contribution in [-0.2, 0) is 6.42 Å². The van der Waals surface area contributed by atoms with Crippen LogP contribution in [0.3, 0.4) is 0 Å². The first-order valence-corrected chi connectivity index (χ1v) is 7.37. The number of rotatable bonds is 8. The SMILES string of the molecule is CCCCCCCCCc1nc(Br)ns1. The monoisotopic (exact) mass is 290 g/mol. The third-order valence-corrected chi connectivity index (χ3v) is 3.80. The zero-order valence-corrected chi connectivity index (χ0v) is 11.7. The number of hydrogen-bond acceptors (Lipinski definition) is 3. The summed E-state index contributed by atoms with van der Waals surface area (Å²) in [6, 6.07) is 0. The lowest BCUT2D eigenvalue weighted by atomic mass is 10.1. The number of halogens is 1. The molecule has 0 aliphatic rings. The van der Waals surface area contributed by atoms with E-state index in [1.165, 1.54) is 56.5 Å². The highest BCUT2D eigenvalue weighted by atomic mass is 79.9. The van der Waals surface area contributed by atoms with Crippen molar-refractivity contribution in [3.05, 3.63) is 9.74 Å². The van der Waals surface area contributed by atoms with Gasteiger partial charge in [-0.05, 0) is 33.9 Å². The fraction of sp³-hybridized carbons (Fsp3) is 0.818. The van der Waals surface area contributed by atoms with Crippen LogP contribution >= 0.6 is 27.5 Å². The van der Waals surface area contributed by atoms with E-state index < -0.39 is 0 Å². The fourth-order valence-electron chi connectivity index (χ4n) is 1.57. The summed E-state index contributed by atoms with van der Waals surface area (Å²) in [6.07, 6.45) is 10.6. The van der Waals surface area contributed by atoms with Gasteiger partial charge < -0.3 is 0 Å². The molecule has 15 heavy (non-hydrogen) atoms. The summed E-state index contributed by atoms with van der Waals surface area (Å²) >= 11 is 4.78. The second-order valence-electron chi connectivity index (χ2n) is 3.83. The van der Waals surface area contributed by atoms with E-state index >= 15 is 0 Å². The summed E-state index contributed by atoms with van der Waals surface area (Å²) in [5.74, 6) is 0. The van der Waals surface area contributed by atoms with Gasteiger partial charge in [-0.3, -0.25) is 0 Å². The molecule has 0 amide bonds. The predicted octanol–water partition coefficient (Wildman–Crippen LogP) is 4.59. The molecule has 0 aromatic carbocycles. The normalized spacial score (nSPS) is 10.8. The first kappa shape index (κ1) is 13.1. The second-order valence-corrected chi connectivity index (χ2v) is 5.37. The van der Waals surface area contributed by atoms with Gasteiger partial charge in [-0.15, -0.1) is 0 Å². The largest absolute Gasteiger partial charge is 0.214 e. The minimum atomic E-state index is 0.741. The molecule has 0 aliphatic heterocycles. The molecule has 0 N–H and O–H groups in total. The molecular weight excluding hydrogens is 272 g/mol. The molecule has 0 saturated heterocycles. The van der Waals surface area contributed by atoms with Crippen LogP contribution in [0.1, 0.15) is 56.9 Å². The number of nitrogens with zero attached hydrogens (tertiary/aromatic N) is 2. The maximum atomic E-state index is 4.28. The van der Waals surface area contributed by atoms with Crippen LogP contribution in [-0.4, -0.2) is 9.36 Å². The lowest BCUT2D eigenvalue weighted by Crippen LogP contribution is -1.85. The molecule has 1 aromatic rings. The molecule has 0 unspecified atom stereocenters. The van der Waals surface area contributed by atoms with Crippen LogP contribution in [0.5, 0.6) is 0 Å². The van der Waals surface area contributed by atoms with E-state index in [1.54, 1.807) is 0 Å². The van der Waals surface area contributed by atoms with Crippen LogP contribution in [0, 0.1) is 0 Å². The van der Waals surface area contributed by atoms with Crippen LogP contribution in [0.15, 0.2) is 4.73 Å². The van der Waals surface area contributed by atoms with E-state index in [-0.39, 0.29) is 0 Å². The Morgan fingerprint density at radius 1 is 1.07 bits per heavy atom. The standard InChI is InChI=1S/C11H19BrN2S/c1-2-3-4-5-6-7-8-9-10-13-11(12)14-15-10/h2-9H2,1H3. The third kappa shape index (κ3) is 6.25. The highest BCUT2D eigenvalue weighted by molar-refractivity contribution is 9.10. The molecule has 0 aliphatic carbocycles. The van der Waals surface area contributed by atoms with Crippen molar-refractivity contribution in [2.45, 2.75) is 58.3 Å². The molecule has 0 fully saturated rings. The predicted molar refractivity (Wildman–Crippen MR) is 69.3 cm³/mol. The minimum absolute atomic E-state index is 0.741. The number of aryl methyl sites for hydroxylation is 1. The highest BCUT2D eigenvalue weighted by Gasteiger charge is 2.00. The first-order chi connectivity index (χ1) is 7.33. The van der Waals surface area contributed by atoms with Gasteiger partial charge in [-0.25, -0.2) is 4.98 Å². The first-order valence-electron chi connectivity index (χ1n) is 5.81. The van der Waals surface area contributed by atoms with E-state index in [4.69, 9.17) is 0 Å². The van der Waals surface area contributed by atoms with Gasteiger partial charge in [0.2, 0.25) is 4.73 Å². The van der Waals surface area contributed by atoms with Crippen LogP contribution in [0.4, 0.5) is 0 Å².